The first-order valence-electron chi connectivity index (χ1n) is 10.1. The summed E-state index contributed by atoms with van der Waals surface area (Å²) in [6.45, 7) is 1.45. The molecule has 0 unspecified atom stereocenters. The van der Waals surface area contributed by atoms with Crippen LogP contribution in [0.25, 0.3) is 0 Å². The lowest BCUT2D eigenvalue weighted by atomic mass is 10.1. The zero-order valence-electron chi connectivity index (χ0n) is 17.8. The van der Waals surface area contributed by atoms with Gasteiger partial charge < -0.3 is 10.6 Å². The third-order valence-electron chi connectivity index (χ3n) is 5.06. The summed E-state index contributed by atoms with van der Waals surface area (Å²) in [7, 11) is 0. The van der Waals surface area contributed by atoms with Gasteiger partial charge >= 0.3 is 0 Å². The standard InChI is InChI=1S/C25H17ClFN3O4/c1-14(31)15-5-9-18(10-6-15)29-23(32)16-3-2-4-19(13-16)28-22-21(26)24(33)30(25(22)34)20-11-7-17(27)8-12-20/h2-13,28H,1H3,(H,29,32). The van der Waals surface area contributed by atoms with Crippen LogP contribution in [-0.2, 0) is 9.59 Å². The van der Waals surface area contributed by atoms with Gasteiger partial charge in [-0.3, -0.25) is 19.2 Å². The number of nitrogens with one attached hydrogen (secondary N) is 2. The largest absolute Gasteiger partial charge is 0.350 e. The van der Waals surface area contributed by atoms with Gasteiger partial charge in [-0.05, 0) is 73.7 Å². The molecule has 0 aromatic heterocycles. The van der Waals surface area contributed by atoms with Crippen molar-refractivity contribution < 1.29 is 23.6 Å². The highest BCUT2D eigenvalue weighted by atomic mass is 35.5. The van der Waals surface area contributed by atoms with Gasteiger partial charge in [0.25, 0.3) is 17.7 Å². The van der Waals surface area contributed by atoms with E-state index in [0.717, 1.165) is 17.0 Å². The van der Waals surface area contributed by atoms with Crippen molar-refractivity contribution >= 4 is 52.2 Å². The molecule has 0 aliphatic carbocycles. The summed E-state index contributed by atoms with van der Waals surface area (Å²) in [5.74, 6) is -2.46. The first-order valence-corrected chi connectivity index (χ1v) is 10.5. The maximum atomic E-state index is 13.2. The Morgan fingerprint density at radius 1 is 0.853 bits per heavy atom. The minimum absolute atomic E-state index is 0.0810. The number of hydrogen-bond acceptors (Lipinski definition) is 5. The van der Waals surface area contributed by atoms with Crippen LogP contribution in [0.1, 0.15) is 27.6 Å². The van der Waals surface area contributed by atoms with E-state index in [9.17, 15) is 23.6 Å². The number of Topliss-reactive ketones (excluding diaryl/α,β-unsaturated/α-hetero) is 1. The summed E-state index contributed by atoms with van der Waals surface area (Å²) >= 11 is 6.12. The average Bonchev–Trinajstić information content (AvgIpc) is 3.03. The molecule has 0 atom stereocenters. The van der Waals surface area contributed by atoms with Gasteiger partial charge in [0.05, 0.1) is 5.69 Å². The summed E-state index contributed by atoms with van der Waals surface area (Å²) < 4.78 is 13.2. The van der Waals surface area contributed by atoms with Crippen LogP contribution in [0.4, 0.5) is 21.5 Å². The van der Waals surface area contributed by atoms with Gasteiger partial charge in [0, 0.05) is 22.5 Å². The monoisotopic (exact) mass is 477 g/mol. The average molecular weight is 478 g/mol. The smallest absolute Gasteiger partial charge is 0.283 e. The van der Waals surface area contributed by atoms with Gasteiger partial charge in [-0.2, -0.15) is 0 Å². The molecule has 1 heterocycles. The Kier molecular flexibility index (Phi) is 6.25. The maximum absolute atomic E-state index is 13.2. The topological polar surface area (TPSA) is 95.6 Å². The summed E-state index contributed by atoms with van der Waals surface area (Å²) in [6.07, 6.45) is 0. The molecule has 9 heteroatoms. The SMILES string of the molecule is CC(=O)c1ccc(NC(=O)c2cccc(NC3=C(Cl)C(=O)N(c4ccc(F)cc4)C3=O)c2)cc1. The molecule has 0 bridgehead atoms. The lowest BCUT2D eigenvalue weighted by molar-refractivity contribution is -0.120. The van der Waals surface area contributed by atoms with Gasteiger partial charge in [-0.25, -0.2) is 9.29 Å². The Bertz CT molecular complexity index is 1350. The Balaban J connectivity index is 1.51. The van der Waals surface area contributed by atoms with E-state index in [4.69, 9.17) is 11.6 Å². The minimum Gasteiger partial charge on any atom is -0.350 e. The molecular weight excluding hydrogens is 461 g/mol. The highest BCUT2D eigenvalue weighted by Gasteiger charge is 2.39. The quantitative estimate of drug-likeness (QED) is 0.396. The number of rotatable bonds is 6. The Labute approximate surface area is 198 Å². The summed E-state index contributed by atoms with van der Waals surface area (Å²) in [5, 5.41) is 5.21. The molecule has 3 amide bonds. The number of anilines is 3. The molecule has 0 saturated heterocycles. The highest BCUT2D eigenvalue weighted by molar-refractivity contribution is 6.53. The number of carbonyl (C=O) groups excluding carboxylic acids is 4. The van der Waals surface area contributed by atoms with Crippen molar-refractivity contribution in [3.63, 3.8) is 0 Å². The van der Waals surface area contributed by atoms with E-state index in [-0.39, 0.29) is 27.8 Å². The van der Waals surface area contributed by atoms with Crippen molar-refractivity contribution in [1.29, 1.82) is 0 Å². The normalized spacial score (nSPS) is 13.3. The zero-order chi connectivity index (χ0) is 24.4. The van der Waals surface area contributed by atoms with Crippen LogP contribution >= 0.6 is 11.6 Å². The Morgan fingerprint density at radius 3 is 2.18 bits per heavy atom. The number of imide groups is 1. The van der Waals surface area contributed by atoms with Crippen molar-refractivity contribution in [2.24, 2.45) is 0 Å². The van der Waals surface area contributed by atoms with Crippen LogP contribution in [0.5, 0.6) is 0 Å². The van der Waals surface area contributed by atoms with Gasteiger partial charge in [0.2, 0.25) is 0 Å². The molecule has 1 aliphatic rings. The number of amides is 3. The Morgan fingerprint density at radius 2 is 1.53 bits per heavy atom. The molecular formula is C25H17ClFN3O4. The van der Waals surface area contributed by atoms with Gasteiger partial charge in [0.1, 0.15) is 16.5 Å². The molecule has 0 spiro atoms. The fourth-order valence-electron chi connectivity index (χ4n) is 3.31. The molecule has 3 aromatic carbocycles. The summed E-state index contributed by atoms with van der Waals surface area (Å²) in [6, 6.07) is 17.6. The number of ketones is 1. The van der Waals surface area contributed by atoms with Crippen molar-refractivity contribution in [3.8, 4) is 0 Å². The maximum Gasteiger partial charge on any atom is 0.283 e. The molecule has 34 heavy (non-hydrogen) atoms. The van der Waals surface area contributed by atoms with Crippen LogP contribution in [-0.4, -0.2) is 23.5 Å². The minimum atomic E-state index is -0.747. The number of nitrogens with zero attached hydrogens (tertiary/aromatic N) is 1. The molecule has 0 saturated carbocycles. The highest BCUT2D eigenvalue weighted by Crippen LogP contribution is 2.30. The first-order chi connectivity index (χ1) is 16.2. The van der Waals surface area contributed by atoms with E-state index in [1.165, 1.54) is 25.1 Å². The van der Waals surface area contributed by atoms with E-state index < -0.39 is 23.5 Å². The molecule has 4 rings (SSSR count). The number of carbonyl (C=O) groups is 4. The van der Waals surface area contributed by atoms with Gasteiger partial charge in [0.15, 0.2) is 5.78 Å². The van der Waals surface area contributed by atoms with E-state index >= 15 is 0 Å². The second-order valence-electron chi connectivity index (χ2n) is 7.40. The zero-order valence-corrected chi connectivity index (χ0v) is 18.5. The number of halogens is 2. The second-order valence-corrected chi connectivity index (χ2v) is 7.78. The third-order valence-corrected chi connectivity index (χ3v) is 5.41. The van der Waals surface area contributed by atoms with E-state index in [1.54, 1.807) is 42.5 Å². The van der Waals surface area contributed by atoms with Crippen molar-refractivity contribution in [3.05, 3.63) is 100 Å². The second kappa shape index (κ2) is 9.29. The fourth-order valence-corrected chi connectivity index (χ4v) is 3.52. The third kappa shape index (κ3) is 4.57. The van der Waals surface area contributed by atoms with Crippen LogP contribution in [0.2, 0.25) is 0 Å². The predicted molar refractivity (Wildman–Crippen MR) is 126 cm³/mol. The molecule has 170 valence electrons. The van der Waals surface area contributed by atoms with Crippen molar-refractivity contribution in [1.82, 2.24) is 0 Å². The molecule has 0 radical (unpaired) electrons. The molecule has 7 nitrogen and oxygen atoms in total. The summed E-state index contributed by atoms with van der Waals surface area (Å²) in [4.78, 5) is 50.3. The lowest BCUT2D eigenvalue weighted by Crippen LogP contribution is -2.32. The number of hydrogen-bond donors (Lipinski definition) is 2. The fraction of sp³-hybridized carbons (Fsp3) is 0.0400. The van der Waals surface area contributed by atoms with Crippen LogP contribution in [0, 0.1) is 5.82 Å². The van der Waals surface area contributed by atoms with Crippen molar-refractivity contribution in [2.45, 2.75) is 6.92 Å². The molecule has 1 aliphatic heterocycles. The molecule has 2 N–H and O–H groups in total. The van der Waals surface area contributed by atoms with Crippen LogP contribution in [0.15, 0.2) is 83.5 Å². The number of benzene rings is 3. The van der Waals surface area contributed by atoms with Gasteiger partial charge in [-0.1, -0.05) is 17.7 Å². The van der Waals surface area contributed by atoms with Crippen LogP contribution < -0.4 is 15.5 Å². The van der Waals surface area contributed by atoms with Gasteiger partial charge in [-0.15, -0.1) is 0 Å². The van der Waals surface area contributed by atoms with E-state index in [1.807, 2.05) is 0 Å². The van der Waals surface area contributed by atoms with E-state index in [2.05, 4.69) is 10.6 Å². The lowest BCUT2D eigenvalue weighted by Gasteiger charge is -2.15. The van der Waals surface area contributed by atoms with E-state index in [0.29, 0.717) is 16.9 Å². The Hall–Kier alpha value is -4.30. The van der Waals surface area contributed by atoms with Crippen LogP contribution in [0.3, 0.4) is 0 Å². The van der Waals surface area contributed by atoms with Crippen molar-refractivity contribution in [2.75, 3.05) is 15.5 Å². The molecule has 3 aromatic rings. The molecule has 0 fully saturated rings. The summed E-state index contributed by atoms with van der Waals surface area (Å²) in [5.41, 5.74) is 1.69. The predicted octanol–water partition coefficient (Wildman–Crippen LogP) is 4.72. The first kappa shape index (κ1) is 22.9.